The van der Waals surface area contributed by atoms with E-state index in [1.54, 1.807) is 6.07 Å². The first kappa shape index (κ1) is 14.8. The standard InChI is InChI=1S/C15H22BFN2O2/c1-14(2)15(3,4)21-16(20-14)11-9-13(18-10-12(11)17)19-7-5-6-8-19/h9-10H,5-8H2,1-4H3. The molecule has 0 unspecified atom stereocenters. The van der Waals surface area contributed by atoms with Crippen molar-refractivity contribution in [3.05, 3.63) is 18.1 Å². The van der Waals surface area contributed by atoms with Crippen LogP contribution in [0.5, 0.6) is 0 Å². The molecule has 0 amide bonds. The van der Waals surface area contributed by atoms with Crippen molar-refractivity contribution in [2.45, 2.75) is 51.7 Å². The van der Waals surface area contributed by atoms with Crippen molar-refractivity contribution in [1.29, 1.82) is 0 Å². The normalized spacial score (nSPS) is 23.9. The Balaban J connectivity index is 1.90. The van der Waals surface area contributed by atoms with Crippen LogP contribution in [0.2, 0.25) is 0 Å². The van der Waals surface area contributed by atoms with Gasteiger partial charge in [0, 0.05) is 18.6 Å². The van der Waals surface area contributed by atoms with Gasteiger partial charge in [0.15, 0.2) is 0 Å². The van der Waals surface area contributed by atoms with Crippen molar-refractivity contribution in [3.8, 4) is 0 Å². The molecule has 3 heterocycles. The van der Waals surface area contributed by atoms with Crippen LogP contribution >= 0.6 is 0 Å². The molecule has 0 aromatic carbocycles. The molecule has 1 aromatic heterocycles. The Kier molecular flexibility index (Phi) is 3.49. The van der Waals surface area contributed by atoms with Crippen molar-refractivity contribution in [1.82, 2.24) is 4.98 Å². The van der Waals surface area contributed by atoms with E-state index < -0.39 is 18.3 Å². The molecule has 0 N–H and O–H groups in total. The van der Waals surface area contributed by atoms with Crippen LogP contribution in [0.3, 0.4) is 0 Å². The number of hydrogen-bond donors (Lipinski definition) is 0. The molecule has 3 rings (SSSR count). The summed E-state index contributed by atoms with van der Waals surface area (Å²) in [6, 6.07) is 1.77. The lowest BCUT2D eigenvalue weighted by Crippen LogP contribution is -2.41. The SMILES string of the molecule is CC1(C)OB(c2cc(N3CCCC3)ncc2F)OC1(C)C. The summed E-state index contributed by atoms with van der Waals surface area (Å²) in [5.41, 5.74) is -0.506. The maximum absolute atomic E-state index is 14.2. The number of rotatable bonds is 2. The van der Waals surface area contributed by atoms with Crippen molar-refractivity contribution in [3.63, 3.8) is 0 Å². The van der Waals surface area contributed by atoms with E-state index in [2.05, 4.69) is 9.88 Å². The zero-order chi connectivity index (χ0) is 15.3. The molecule has 1 aromatic rings. The second-order valence-corrected chi connectivity index (χ2v) is 6.85. The number of pyridine rings is 1. The molecule has 0 radical (unpaired) electrons. The van der Waals surface area contributed by atoms with Gasteiger partial charge in [-0.25, -0.2) is 9.37 Å². The Morgan fingerprint density at radius 2 is 1.71 bits per heavy atom. The Labute approximate surface area is 125 Å². The lowest BCUT2D eigenvalue weighted by atomic mass is 9.79. The van der Waals surface area contributed by atoms with Crippen molar-refractivity contribution in [2.24, 2.45) is 0 Å². The van der Waals surface area contributed by atoms with E-state index >= 15 is 0 Å². The zero-order valence-electron chi connectivity index (χ0n) is 13.1. The number of hydrogen-bond acceptors (Lipinski definition) is 4. The van der Waals surface area contributed by atoms with Crippen LogP contribution < -0.4 is 10.4 Å². The molecule has 2 aliphatic rings. The van der Waals surface area contributed by atoms with Crippen molar-refractivity contribution in [2.75, 3.05) is 18.0 Å². The van der Waals surface area contributed by atoms with E-state index in [1.165, 1.54) is 6.20 Å². The van der Waals surface area contributed by atoms with Crippen molar-refractivity contribution >= 4 is 18.4 Å². The first-order valence-corrected chi connectivity index (χ1v) is 7.56. The number of aromatic nitrogens is 1. The summed E-state index contributed by atoms with van der Waals surface area (Å²) in [7, 11) is -0.681. The molecule has 0 saturated carbocycles. The van der Waals surface area contributed by atoms with Gasteiger partial charge in [-0.2, -0.15) is 0 Å². The highest BCUT2D eigenvalue weighted by atomic mass is 19.1. The topological polar surface area (TPSA) is 34.6 Å². The van der Waals surface area contributed by atoms with Gasteiger partial charge in [-0.15, -0.1) is 0 Å². The third kappa shape index (κ3) is 2.55. The Morgan fingerprint density at radius 1 is 1.14 bits per heavy atom. The summed E-state index contributed by atoms with van der Waals surface area (Å²) in [4.78, 5) is 6.38. The van der Waals surface area contributed by atoms with Gasteiger partial charge in [0.1, 0.15) is 11.6 Å². The third-order valence-electron chi connectivity index (χ3n) is 4.81. The van der Waals surface area contributed by atoms with Gasteiger partial charge in [0.25, 0.3) is 0 Å². The molecule has 0 bridgehead atoms. The van der Waals surface area contributed by atoms with Gasteiger partial charge in [0.2, 0.25) is 0 Å². The maximum Gasteiger partial charge on any atom is 0.498 e. The minimum absolute atomic E-state index is 0.378. The molecular formula is C15H22BFN2O2. The highest BCUT2D eigenvalue weighted by Crippen LogP contribution is 2.36. The summed E-state index contributed by atoms with van der Waals surface area (Å²) < 4.78 is 26.1. The Bertz CT molecular complexity index is 528. The zero-order valence-corrected chi connectivity index (χ0v) is 13.1. The minimum atomic E-state index is -0.681. The molecule has 6 heteroatoms. The predicted octanol–water partition coefficient (Wildman–Crippen LogP) is 2.12. The fraction of sp³-hybridized carbons (Fsp3) is 0.667. The minimum Gasteiger partial charge on any atom is -0.399 e. The lowest BCUT2D eigenvalue weighted by Gasteiger charge is -2.32. The van der Waals surface area contributed by atoms with E-state index in [4.69, 9.17) is 9.31 Å². The average molecular weight is 292 g/mol. The summed E-state index contributed by atoms with van der Waals surface area (Å²) in [6.45, 7) is 9.81. The van der Waals surface area contributed by atoms with Gasteiger partial charge < -0.3 is 14.2 Å². The third-order valence-corrected chi connectivity index (χ3v) is 4.81. The molecular weight excluding hydrogens is 270 g/mol. The monoisotopic (exact) mass is 292 g/mol. The summed E-state index contributed by atoms with van der Waals surface area (Å²) in [5, 5.41) is 0. The van der Waals surface area contributed by atoms with E-state index in [1.807, 2.05) is 27.7 Å². The largest absolute Gasteiger partial charge is 0.498 e. The Hall–Kier alpha value is -1.14. The summed E-state index contributed by atoms with van der Waals surface area (Å²) in [5.74, 6) is 0.426. The van der Waals surface area contributed by atoms with Crippen LogP contribution in [0.4, 0.5) is 10.2 Å². The van der Waals surface area contributed by atoms with E-state index in [0.717, 1.165) is 31.7 Å². The van der Waals surface area contributed by atoms with Crippen molar-refractivity contribution < 1.29 is 13.7 Å². The first-order chi connectivity index (χ1) is 9.80. The van der Waals surface area contributed by atoms with Gasteiger partial charge >= 0.3 is 7.12 Å². The van der Waals surface area contributed by atoms with E-state index in [0.29, 0.717) is 5.46 Å². The molecule has 0 aliphatic carbocycles. The Morgan fingerprint density at radius 3 is 2.29 bits per heavy atom. The second kappa shape index (κ2) is 4.95. The summed E-state index contributed by atoms with van der Waals surface area (Å²) in [6.07, 6.45) is 3.59. The molecule has 0 spiro atoms. The predicted molar refractivity (Wildman–Crippen MR) is 81.4 cm³/mol. The van der Waals surface area contributed by atoms with Crippen LogP contribution in [0, 0.1) is 5.82 Å². The number of anilines is 1. The van der Waals surface area contributed by atoms with E-state index in [-0.39, 0.29) is 5.82 Å². The molecule has 114 valence electrons. The molecule has 2 aliphatic heterocycles. The molecule has 21 heavy (non-hydrogen) atoms. The van der Waals surface area contributed by atoms with Gasteiger partial charge in [-0.1, -0.05) is 0 Å². The first-order valence-electron chi connectivity index (χ1n) is 7.56. The highest BCUT2D eigenvalue weighted by Gasteiger charge is 2.52. The van der Waals surface area contributed by atoms with Crippen LogP contribution in [0.1, 0.15) is 40.5 Å². The fourth-order valence-electron chi connectivity index (χ4n) is 2.71. The van der Waals surface area contributed by atoms with E-state index in [9.17, 15) is 4.39 Å². The molecule has 0 atom stereocenters. The second-order valence-electron chi connectivity index (χ2n) is 6.85. The van der Waals surface area contributed by atoms with Crippen LogP contribution in [0.25, 0.3) is 0 Å². The number of halogens is 1. The van der Waals surface area contributed by atoms with Crippen LogP contribution in [0.15, 0.2) is 12.3 Å². The maximum atomic E-state index is 14.2. The summed E-state index contributed by atoms with van der Waals surface area (Å²) >= 11 is 0. The smallest absolute Gasteiger partial charge is 0.399 e. The molecule has 2 saturated heterocycles. The van der Waals surface area contributed by atoms with Gasteiger partial charge in [-0.3, -0.25) is 0 Å². The fourth-order valence-corrected chi connectivity index (χ4v) is 2.71. The average Bonchev–Trinajstić information content (AvgIpc) is 2.97. The quantitative estimate of drug-likeness (QED) is 0.782. The highest BCUT2D eigenvalue weighted by molar-refractivity contribution is 6.62. The van der Waals surface area contributed by atoms with Crippen LogP contribution in [-0.4, -0.2) is 36.4 Å². The molecule has 2 fully saturated rings. The molecule has 4 nitrogen and oxygen atoms in total. The number of nitrogens with zero attached hydrogens (tertiary/aromatic N) is 2. The van der Waals surface area contributed by atoms with Gasteiger partial charge in [0.05, 0.1) is 17.4 Å². The van der Waals surface area contributed by atoms with Gasteiger partial charge in [-0.05, 0) is 46.6 Å². The van der Waals surface area contributed by atoms with Crippen LogP contribution in [-0.2, 0) is 9.31 Å². The lowest BCUT2D eigenvalue weighted by molar-refractivity contribution is 0.00578.